The van der Waals surface area contributed by atoms with Crippen molar-refractivity contribution in [1.29, 1.82) is 0 Å². The standard InChI is InChI=1S/C16H26N2O/c1-16(2)8-9-18(12-13(16)11-17-3)14-6-5-7-15(10-14)19-4/h5-7,10,13,17H,8-9,11-12H2,1-4H3. The summed E-state index contributed by atoms with van der Waals surface area (Å²) in [6.07, 6.45) is 1.23. The Labute approximate surface area is 116 Å². The van der Waals surface area contributed by atoms with Gasteiger partial charge in [0.25, 0.3) is 0 Å². The van der Waals surface area contributed by atoms with Gasteiger partial charge in [-0.2, -0.15) is 0 Å². The Balaban J connectivity index is 2.13. The fourth-order valence-corrected chi connectivity index (χ4v) is 2.86. The molecule has 3 heteroatoms. The number of ether oxygens (including phenoxy) is 1. The number of anilines is 1. The molecule has 2 rings (SSSR count). The van der Waals surface area contributed by atoms with Crippen LogP contribution in [0.5, 0.6) is 5.75 Å². The fraction of sp³-hybridized carbons (Fsp3) is 0.625. The molecule has 0 amide bonds. The average Bonchev–Trinajstić information content (AvgIpc) is 2.41. The summed E-state index contributed by atoms with van der Waals surface area (Å²) >= 11 is 0. The van der Waals surface area contributed by atoms with Gasteiger partial charge in [-0.3, -0.25) is 0 Å². The van der Waals surface area contributed by atoms with E-state index in [1.807, 2.05) is 13.1 Å². The predicted molar refractivity (Wildman–Crippen MR) is 81.0 cm³/mol. The number of nitrogens with one attached hydrogen (secondary N) is 1. The minimum absolute atomic E-state index is 0.415. The van der Waals surface area contributed by atoms with Gasteiger partial charge in [-0.25, -0.2) is 0 Å². The maximum absolute atomic E-state index is 5.32. The van der Waals surface area contributed by atoms with Crippen molar-refractivity contribution in [3.05, 3.63) is 24.3 Å². The van der Waals surface area contributed by atoms with Crippen molar-refractivity contribution in [3.8, 4) is 5.75 Å². The Bertz CT molecular complexity index is 417. The normalized spacial score (nSPS) is 22.3. The zero-order valence-corrected chi connectivity index (χ0v) is 12.6. The SMILES string of the molecule is CNCC1CN(c2cccc(OC)c2)CCC1(C)C. The minimum Gasteiger partial charge on any atom is -0.497 e. The van der Waals surface area contributed by atoms with Crippen LogP contribution in [0.4, 0.5) is 5.69 Å². The number of hydrogen-bond acceptors (Lipinski definition) is 3. The van der Waals surface area contributed by atoms with Gasteiger partial charge in [-0.1, -0.05) is 19.9 Å². The molecule has 1 heterocycles. The second-order valence-corrected chi connectivity index (χ2v) is 6.14. The first-order chi connectivity index (χ1) is 9.06. The summed E-state index contributed by atoms with van der Waals surface area (Å²) in [6, 6.07) is 8.38. The van der Waals surface area contributed by atoms with Crippen molar-refractivity contribution in [2.45, 2.75) is 20.3 Å². The number of hydrogen-bond donors (Lipinski definition) is 1. The van der Waals surface area contributed by atoms with E-state index in [1.54, 1.807) is 7.11 Å². The first kappa shape index (κ1) is 14.2. The summed E-state index contributed by atoms with van der Waals surface area (Å²) in [5.74, 6) is 1.62. The van der Waals surface area contributed by atoms with E-state index >= 15 is 0 Å². The predicted octanol–water partition coefficient (Wildman–Crippen LogP) is 2.77. The van der Waals surface area contributed by atoms with Crippen LogP contribution < -0.4 is 15.0 Å². The Morgan fingerprint density at radius 2 is 2.21 bits per heavy atom. The molecule has 1 unspecified atom stereocenters. The minimum atomic E-state index is 0.415. The summed E-state index contributed by atoms with van der Waals surface area (Å²) in [5.41, 5.74) is 1.69. The zero-order chi connectivity index (χ0) is 13.9. The Morgan fingerprint density at radius 3 is 2.89 bits per heavy atom. The summed E-state index contributed by atoms with van der Waals surface area (Å²) < 4.78 is 5.32. The smallest absolute Gasteiger partial charge is 0.120 e. The Kier molecular flexibility index (Phi) is 4.35. The van der Waals surface area contributed by atoms with Crippen molar-refractivity contribution in [3.63, 3.8) is 0 Å². The summed E-state index contributed by atoms with van der Waals surface area (Å²) in [5, 5.41) is 3.34. The van der Waals surface area contributed by atoms with Crippen LogP contribution in [-0.4, -0.2) is 33.8 Å². The van der Waals surface area contributed by atoms with E-state index < -0.39 is 0 Å². The molecule has 0 aromatic heterocycles. The van der Waals surface area contributed by atoms with Crippen LogP contribution in [0.15, 0.2) is 24.3 Å². The number of benzene rings is 1. The third-order valence-electron chi connectivity index (χ3n) is 4.44. The molecule has 0 spiro atoms. The molecule has 106 valence electrons. The van der Waals surface area contributed by atoms with Gasteiger partial charge >= 0.3 is 0 Å². The molecule has 1 aliphatic rings. The lowest BCUT2D eigenvalue weighted by molar-refractivity contribution is 0.169. The van der Waals surface area contributed by atoms with Crippen LogP contribution in [0.1, 0.15) is 20.3 Å². The van der Waals surface area contributed by atoms with E-state index in [1.165, 1.54) is 12.1 Å². The van der Waals surface area contributed by atoms with E-state index in [2.05, 4.69) is 42.3 Å². The number of methoxy groups -OCH3 is 1. The largest absolute Gasteiger partial charge is 0.497 e. The van der Waals surface area contributed by atoms with Gasteiger partial charge in [0, 0.05) is 24.8 Å². The van der Waals surface area contributed by atoms with E-state index in [9.17, 15) is 0 Å². The van der Waals surface area contributed by atoms with Crippen LogP contribution in [0.25, 0.3) is 0 Å². The van der Waals surface area contributed by atoms with Gasteiger partial charge in [0.2, 0.25) is 0 Å². The molecule has 1 aliphatic heterocycles. The zero-order valence-electron chi connectivity index (χ0n) is 12.6. The lowest BCUT2D eigenvalue weighted by atomic mass is 9.73. The summed E-state index contributed by atoms with van der Waals surface area (Å²) in [4.78, 5) is 2.48. The van der Waals surface area contributed by atoms with Crippen molar-refractivity contribution in [2.24, 2.45) is 11.3 Å². The van der Waals surface area contributed by atoms with Crippen molar-refractivity contribution >= 4 is 5.69 Å². The third kappa shape index (κ3) is 3.21. The third-order valence-corrected chi connectivity index (χ3v) is 4.44. The molecule has 19 heavy (non-hydrogen) atoms. The molecule has 0 aliphatic carbocycles. The molecular formula is C16H26N2O. The molecule has 1 aromatic carbocycles. The van der Waals surface area contributed by atoms with Gasteiger partial charge in [-0.05, 0) is 43.5 Å². The molecule has 1 aromatic rings. The van der Waals surface area contributed by atoms with E-state index in [-0.39, 0.29) is 0 Å². The van der Waals surface area contributed by atoms with Gasteiger partial charge in [-0.15, -0.1) is 0 Å². The molecular weight excluding hydrogens is 236 g/mol. The van der Waals surface area contributed by atoms with E-state index in [0.717, 1.165) is 25.4 Å². The van der Waals surface area contributed by atoms with Crippen molar-refractivity contribution in [2.75, 3.05) is 38.7 Å². The van der Waals surface area contributed by atoms with Gasteiger partial charge < -0.3 is 15.0 Å². The summed E-state index contributed by atoms with van der Waals surface area (Å²) in [6.45, 7) is 8.09. The van der Waals surface area contributed by atoms with Gasteiger partial charge in [0.1, 0.15) is 5.75 Å². The van der Waals surface area contributed by atoms with Crippen LogP contribution >= 0.6 is 0 Å². The molecule has 0 saturated carbocycles. The highest BCUT2D eigenvalue weighted by molar-refractivity contribution is 5.51. The lowest BCUT2D eigenvalue weighted by Gasteiger charge is -2.45. The Hall–Kier alpha value is -1.22. The van der Waals surface area contributed by atoms with Crippen molar-refractivity contribution < 1.29 is 4.74 Å². The molecule has 1 N–H and O–H groups in total. The highest BCUT2D eigenvalue weighted by atomic mass is 16.5. The highest BCUT2D eigenvalue weighted by Crippen LogP contribution is 2.37. The Morgan fingerprint density at radius 1 is 1.42 bits per heavy atom. The second kappa shape index (κ2) is 5.83. The fourth-order valence-electron chi connectivity index (χ4n) is 2.86. The molecule has 0 radical (unpaired) electrons. The topological polar surface area (TPSA) is 24.5 Å². The monoisotopic (exact) mass is 262 g/mol. The average molecular weight is 262 g/mol. The van der Waals surface area contributed by atoms with Crippen LogP contribution in [0.3, 0.4) is 0 Å². The maximum Gasteiger partial charge on any atom is 0.120 e. The number of nitrogens with zero attached hydrogens (tertiary/aromatic N) is 1. The second-order valence-electron chi connectivity index (χ2n) is 6.14. The van der Waals surface area contributed by atoms with Crippen molar-refractivity contribution in [1.82, 2.24) is 5.32 Å². The number of rotatable bonds is 4. The van der Waals surface area contributed by atoms with Gasteiger partial charge in [0.05, 0.1) is 7.11 Å². The van der Waals surface area contributed by atoms with Crippen LogP contribution in [0, 0.1) is 11.3 Å². The molecule has 1 fully saturated rings. The quantitative estimate of drug-likeness (QED) is 0.903. The van der Waals surface area contributed by atoms with E-state index in [4.69, 9.17) is 4.74 Å². The molecule has 1 atom stereocenters. The molecule has 0 bridgehead atoms. The van der Waals surface area contributed by atoms with Crippen LogP contribution in [0.2, 0.25) is 0 Å². The molecule has 1 saturated heterocycles. The summed E-state index contributed by atoms with van der Waals surface area (Å²) in [7, 11) is 3.77. The first-order valence-corrected chi connectivity index (χ1v) is 7.10. The van der Waals surface area contributed by atoms with Crippen LogP contribution in [-0.2, 0) is 0 Å². The highest BCUT2D eigenvalue weighted by Gasteiger charge is 2.35. The van der Waals surface area contributed by atoms with E-state index in [0.29, 0.717) is 11.3 Å². The lowest BCUT2D eigenvalue weighted by Crippen LogP contribution is -2.48. The number of piperidine rings is 1. The molecule has 3 nitrogen and oxygen atoms in total. The first-order valence-electron chi connectivity index (χ1n) is 7.10. The maximum atomic E-state index is 5.32. The van der Waals surface area contributed by atoms with Gasteiger partial charge in [0.15, 0.2) is 0 Å².